The number of likely N-dealkylation sites (tertiary alicyclic amines) is 1. The molecule has 1 spiro atoms. The summed E-state index contributed by atoms with van der Waals surface area (Å²) in [7, 11) is -1.38. The molecule has 1 atom stereocenters. The van der Waals surface area contributed by atoms with Crippen LogP contribution in [0.4, 0.5) is 5.69 Å². The summed E-state index contributed by atoms with van der Waals surface area (Å²) in [5.41, 5.74) is 10.8. The second-order valence-electron chi connectivity index (χ2n) is 12.1. The van der Waals surface area contributed by atoms with E-state index in [9.17, 15) is 14.8 Å². The second kappa shape index (κ2) is 12.9. The van der Waals surface area contributed by atoms with Crippen molar-refractivity contribution in [1.29, 1.82) is 0 Å². The Morgan fingerprint density at radius 1 is 0.949 bits per heavy atom. The van der Waals surface area contributed by atoms with Crippen LogP contribution in [0.5, 0.6) is 0 Å². The number of benzene rings is 2. The molecule has 5 N–H and O–H groups in total. The number of amides is 1. The molecule has 7 heteroatoms. The predicted octanol–water partition coefficient (Wildman–Crippen LogP) is 5.59. The second-order valence-corrected chi connectivity index (χ2v) is 12.1. The van der Waals surface area contributed by atoms with Crippen molar-refractivity contribution in [3.63, 3.8) is 0 Å². The average Bonchev–Trinajstić information content (AvgIpc) is 3.02. The Morgan fingerprint density at radius 2 is 1.59 bits per heavy atom. The van der Waals surface area contributed by atoms with E-state index in [0.717, 1.165) is 74.0 Å². The molecular weight excluding hydrogens is 485 g/mol. The van der Waals surface area contributed by atoms with Crippen molar-refractivity contribution in [2.75, 3.05) is 25.0 Å². The van der Waals surface area contributed by atoms with Gasteiger partial charge in [-0.25, -0.2) is 0 Å². The van der Waals surface area contributed by atoms with E-state index in [0.29, 0.717) is 19.0 Å². The van der Waals surface area contributed by atoms with Crippen molar-refractivity contribution in [2.45, 2.75) is 101 Å². The van der Waals surface area contributed by atoms with Crippen molar-refractivity contribution in [1.82, 2.24) is 4.90 Å². The fraction of sp³-hybridized carbons (Fsp3) is 0.594. The highest BCUT2D eigenvalue weighted by Gasteiger charge is 2.49. The van der Waals surface area contributed by atoms with Crippen molar-refractivity contribution in [3.05, 3.63) is 64.7 Å². The number of rotatable bonds is 4. The number of carbonyl (C=O) groups excluding carboxylic acids is 1. The van der Waals surface area contributed by atoms with Gasteiger partial charge in [-0.3, -0.25) is 4.79 Å². The van der Waals surface area contributed by atoms with Crippen LogP contribution in [0.25, 0.3) is 0 Å². The molecule has 0 aromatic heterocycles. The topological polar surface area (TPSA) is 98.8 Å². The lowest BCUT2D eigenvalue weighted by atomic mass is 9.50. The molecule has 2 heterocycles. The minimum atomic E-state index is -1.38. The molecule has 39 heavy (non-hydrogen) atoms. The summed E-state index contributed by atoms with van der Waals surface area (Å²) >= 11 is 0. The number of nitrogens with one attached hydrogen (secondary N) is 1. The lowest BCUT2D eigenvalue weighted by Crippen LogP contribution is -2.48. The van der Waals surface area contributed by atoms with Crippen molar-refractivity contribution in [2.24, 2.45) is 5.73 Å². The van der Waals surface area contributed by atoms with Crippen LogP contribution < -0.4 is 11.1 Å². The van der Waals surface area contributed by atoms with E-state index in [1.807, 2.05) is 17.0 Å². The highest BCUT2D eigenvalue weighted by molar-refractivity contribution is 6.44. The van der Waals surface area contributed by atoms with Gasteiger partial charge in [-0.15, -0.1) is 0 Å². The zero-order valence-corrected chi connectivity index (χ0v) is 23.4. The van der Waals surface area contributed by atoms with Gasteiger partial charge in [0.1, 0.15) is 0 Å². The lowest BCUT2D eigenvalue weighted by molar-refractivity contribution is 0.0713. The quantitative estimate of drug-likeness (QED) is 0.386. The van der Waals surface area contributed by atoms with Crippen LogP contribution in [0.15, 0.2) is 42.5 Å². The van der Waals surface area contributed by atoms with Gasteiger partial charge < -0.3 is 26.0 Å². The number of para-hydroxylation sites is 1. The number of nitrogens with two attached hydrogens (primary N) is 1. The Labute approximate surface area is 234 Å². The van der Waals surface area contributed by atoms with Crippen LogP contribution in [0.2, 0.25) is 5.82 Å². The molecule has 1 saturated heterocycles. The molecule has 2 aromatic carbocycles. The fourth-order valence-electron chi connectivity index (χ4n) is 7.60. The summed E-state index contributed by atoms with van der Waals surface area (Å²) in [4.78, 5) is 16.0. The summed E-state index contributed by atoms with van der Waals surface area (Å²) < 4.78 is 0. The molecule has 1 unspecified atom stereocenters. The molecule has 1 amide bonds. The number of fused-ring (bicyclic) bond motifs is 2. The first kappa shape index (κ1) is 28.2. The van der Waals surface area contributed by atoms with E-state index >= 15 is 0 Å². The third kappa shape index (κ3) is 6.06. The molecule has 210 valence electrons. The van der Waals surface area contributed by atoms with E-state index in [2.05, 4.69) is 35.6 Å². The normalized spacial score (nSPS) is 22.4. The van der Waals surface area contributed by atoms with E-state index < -0.39 is 7.12 Å². The van der Waals surface area contributed by atoms with Gasteiger partial charge in [-0.05, 0) is 54.4 Å². The molecule has 2 fully saturated rings. The van der Waals surface area contributed by atoms with Crippen LogP contribution in [0.3, 0.4) is 0 Å². The van der Waals surface area contributed by atoms with E-state index in [1.165, 1.54) is 44.1 Å². The summed E-state index contributed by atoms with van der Waals surface area (Å²) in [6.45, 7) is 2.51. The maximum atomic E-state index is 13.9. The molecule has 5 rings (SSSR count). The van der Waals surface area contributed by atoms with Gasteiger partial charge in [0.2, 0.25) is 0 Å². The van der Waals surface area contributed by atoms with Gasteiger partial charge in [-0.2, -0.15) is 0 Å². The Balaban J connectivity index is 1.39. The van der Waals surface area contributed by atoms with Gasteiger partial charge in [0.15, 0.2) is 0 Å². The first-order chi connectivity index (χ1) is 19.0. The maximum Gasteiger partial charge on any atom is 0.457 e. The van der Waals surface area contributed by atoms with Crippen LogP contribution in [-0.2, 0) is 12.0 Å². The highest BCUT2D eigenvalue weighted by Crippen LogP contribution is 2.52. The van der Waals surface area contributed by atoms with Crippen LogP contribution in [0.1, 0.15) is 110 Å². The average molecular weight is 532 g/mol. The van der Waals surface area contributed by atoms with Gasteiger partial charge in [0, 0.05) is 37.4 Å². The SMILES string of the molecule is NCc1cccc(C2CCN(C(=O)c3cccc4c3NCC(B(O)O)C43CCCCCCCCCC3)CC2)c1. The number of hydrogen-bond donors (Lipinski definition) is 4. The highest BCUT2D eigenvalue weighted by atomic mass is 16.4. The first-order valence-corrected chi connectivity index (χ1v) is 15.3. The van der Waals surface area contributed by atoms with Crippen molar-refractivity contribution >= 4 is 18.7 Å². The molecule has 3 aliphatic rings. The minimum Gasteiger partial charge on any atom is -0.427 e. The number of piperidine rings is 1. The first-order valence-electron chi connectivity index (χ1n) is 15.3. The van der Waals surface area contributed by atoms with Gasteiger partial charge >= 0.3 is 7.12 Å². The smallest absolute Gasteiger partial charge is 0.427 e. The number of anilines is 1. The van der Waals surface area contributed by atoms with E-state index in [4.69, 9.17) is 5.73 Å². The lowest BCUT2D eigenvalue weighted by Gasteiger charge is -2.47. The Bertz CT molecular complexity index is 1100. The van der Waals surface area contributed by atoms with Gasteiger partial charge in [0.25, 0.3) is 5.91 Å². The molecule has 1 saturated carbocycles. The summed E-state index contributed by atoms with van der Waals surface area (Å²) in [6.07, 6.45) is 13.4. The molecular formula is C32H46BN3O3. The zero-order valence-electron chi connectivity index (χ0n) is 23.4. The molecule has 0 radical (unpaired) electrons. The molecule has 1 aliphatic carbocycles. The van der Waals surface area contributed by atoms with Crippen LogP contribution in [0, 0.1) is 0 Å². The Kier molecular flexibility index (Phi) is 9.31. The summed E-state index contributed by atoms with van der Waals surface area (Å²) in [6, 6.07) is 14.7. The largest absolute Gasteiger partial charge is 0.457 e. The maximum absolute atomic E-state index is 13.9. The summed E-state index contributed by atoms with van der Waals surface area (Å²) in [5.74, 6) is 0.255. The summed E-state index contributed by atoms with van der Waals surface area (Å²) in [5, 5.41) is 24.6. The molecule has 0 bridgehead atoms. The third-order valence-electron chi connectivity index (χ3n) is 9.84. The monoisotopic (exact) mass is 531 g/mol. The number of carbonyl (C=O) groups is 1. The van der Waals surface area contributed by atoms with Gasteiger partial charge in [0.05, 0.1) is 11.3 Å². The molecule has 2 aliphatic heterocycles. The minimum absolute atomic E-state index is 0.0864. The number of hydrogen-bond acceptors (Lipinski definition) is 5. The Hall–Kier alpha value is -2.35. The van der Waals surface area contributed by atoms with Crippen LogP contribution >= 0.6 is 0 Å². The van der Waals surface area contributed by atoms with Gasteiger partial charge in [-0.1, -0.05) is 87.8 Å². The van der Waals surface area contributed by atoms with Crippen molar-refractivity contribution < 1.29 is 14.8 Å². The third-order valence-corrected chi connectivity index (χ3v) is 9.84. The number of nitrogens with zero attached hydrogens (tertiary/aromatic N) is 1. The standard InChI is InChI=1S/C32H46BN3O3/c34-22-24-11-9-12-26(21-24)25-15-19-36(20-16-25)31(37)27-13-10-14-28-30(27)35-23-29(33(38)39)32(28)17-7-5-3-1-2-4-6-8-18-32/h9-14,21,25,29,35,38-39H,1-8,15-20,22-23,34H2. The fourth-order valence-corrected chi connectivity index (χ4v) is 7.60. The van der Waals surface area contributed by atoms with E-state index in [-0.39, 0.29) is 17.1 Å². The zero-order chi connectivity index (χ0) is 27.2. The molecule has 6 nitrogen and oxygen atoms in total. The van der Waals surface area contributed by atoms with Crippen molar-refractivity contribution in [3.8, 4) is 0 Å². The van der Waals surface area contributed by atoms with Crippen LogP contribution in [-0.4, -0.2) is 47.6 Å². The van der Waals surface area contributed by atoms with E-state index in [1.54, 1.807) is 0 Å². The Morgan fingerprint density at radius 3 is 2.23 bits per heavy atom. The predicted molar refractivity (Wildman–Crippen MR) is 159 cm³/mol. The molecule has 2 aromatic rings.